The van der Waals surface area contributed by atoms with E-state index in [-0.39, 0.29) is 69.9 Å². The second kappa shape index (κ2) is 14.3. The molecule has 0 saturated heterocycles. The van der Waals surface area contributed by atoms with E-state index >= 15 is 0 Å². The Hall–Kier alpha value is -0.278. The molecule has 0 radical (unpaired) electrons. The van der Waals surface area contributed by atoms with Crippen LogP contribution in [0.3, 0.4) is 0 Å². The Morgan fingerprint density at radius 3 is 0.909 bits per heavy atom. The summed E-state index contributed by atoms with van der Waals surface area (Å²) in [6, 6.07) is 0. The van der Waals surface area contributed by atoms with Gasteiger partial charge in [0.05, 0.1) is 23.9 Å². The zero-order valence-corrected chi connectivity index (χ0v) is 18.1. The maximum Gasteiger partial charge on any atom is 2.00 e. The summed E-state index contributed by atoms with van der Waals surface area (Å²) in [6.45, 7) is -3.25. The number of hydrogen-bond acceptors (Lipinski definition) is 10. The van der Waals surface area contributed by atoms with Crippen LogP contribution in [0.25, 0.3) is 0 Å². The van der Waals surface area contributed by atoms with E-state index in [0.717, 1.165) is 9.80 Å². The average Bonchev–Trinajstić information content (AvgIpc) is 2.22. The Balaban J connectivity index is -0.00000180. The van der Waals surface area contributed by atoms with Crippen LogP contribution in [0, 0.1) is 0 Å². The van der Waals surface area contributed by atoms with E-state index in [2.05, 4.69) is 0 Å². The van der Waals surface area contributed by atoms with E-state index < -0.39 is 50.1 Å². The molecule has 0 saturated carbocycles. The molecule has 0 heterocycles. The number of aliphatic carboxylic acids is 4. The minimum Gasteiger partial charge on any atom is -0.549 e. The smallest absolute Gasteiger partial charge is 0.549 e. The predicted octanol–water partition coefficient (Wildman–Crippen LogP) is -10.4. The normalized spacial score (nSPS) is 9.73. The molecule has 0 unspecified atom stereocenters. The van der Waals surface area contributed by atoms with Crippen molar-refractivity contribution in [3.8, 4) is 0 Å². The number of rotatable bonds is 11. The van der Waals surface area contributed by atoms with Crippen LogP contribution in [-0.2, 0) is 46.5 Å². The van der Waals surface area contributed by atoms with Crippen LogP contribution in [0.1, 0.15) is 0 Å². The Kier molecular flexibility index (Phi) is 17.3. The van der Waals surface area contributed by atoms with Gasteiger partial charge in [0.25, 0.3) is 0 Å². The van der Waals surface area contributed by atoms with E-state index in [0.29, 0.717) is 0 Å². The number of hydrogen-bond donors (Lipinski definition) is 0. The van der Waals surface area contributed by atoms with Crippen molar-refractivity contribution in [1.82, 2.24) is 9.80 Å². The summed E-state index contributed by atoms with van der Waals surface area (Å²) in [7, 11) is 0. The second-order valence-corrected chi connectivity index (χ2v) is 3.91. The summed E-state index contributed by atoms with van der Waals surface area (Å²) in [4.78, 5) is 43.4. The summed E-state index contributed by atoms with van der Waals surface area (Å²) in [6.07, 6.45) is 0. The molecule has 0 aliphatic carbocycles. The molecule has 0 aromatic carbocycles. The molecule has 10 nitrogen and oxygen atoms in total. The maximum atomic E-state index is 10.4. The van der Waals surface area contributed by atoms with Gasteiger partial charge in [-0.3, -0.25) is 9.80 Å². The molecule has 0 fully saturated rings. The Morgan fingerprint density at radius 1 is 0.591 bits per heavy atom. The zero-order valence-electron chi connectivity index (χ0n) is 12.1. The summed E-state index contributed by atoms with van der Waals surface area (Å²) >= 11 is 0. The number of carboxylic acid groups (broad SMARTS) is 4. The Bertz CT molecular complexity index is 327. The van der Waals surface area contributed by atoms with Crippen molar-refractivity contribution in [1.29, 1.82) is 0 Å². The number of carbonyl (C=O) groups is 4. The molecule has 22 heavy (non-hydrogen) atoms. The summed E-state index contributed by atoms with van der Waals surface area (Å²) in [5.41, 5.74) is 0. The molecule has 0 atom stereocenters. The van der Waals surface area contributed by atoms with Crippen LogP contribution in [0.5, 0.6) is 0 Å². The van der Waals surface area contributed by atoms with Crippen LogP contribution in [-0.4, -0.2) is 72.9 Å². The van der Waals surface area contributed by atoms with Gasteiger partial charge >= 0.3 is 56.9 Å². The van der Waals surface area contributed by atoms with Crippen molar-refractivity contribution in [3.63, 3.8) is 0 Å². The van der Waals surface area contributed by atoms with Crippen molar-refractivity contribution in [2.45, 2.75) is 0 Å². The SMILES string of the molecule is O=C([O-])CN(CCN(CC(=O)[O-])CC(=O)[O-])CC(=O)[O-].[Cd+2].[Na+]. The fourth-order valence-electron chi connectivity index (χ4n) is 1.44. The average molecular weight is 424 g/mol. The first-order valence-corrected chi connectivity index (χ1v) is 5.44. The third kappa shape index (κ3) is 16.1. The molecule has 0 aliphatic rings. The molecule has 0 rings (SSSR count). The number of nitrogens with zero attached hydrogens (tertiary/aromatic N) is 2. The molecule has 0 aromatic heterocycles. The summed E-state index contributed by atoms with van der Waals surface area (Å²) < 4.78 is 0. The van der Waals surface area contributed by atoms with Crippen LogP contribution in [0.4, 0.5) is 0 Å². The largest absolute Gasteiger partial charge is 2.00 e. The quantitative estimate of drug-likeness (QED) is 0.291. The molecular weight excluding hydrogens is 412 g/mol. The maximum absolute atomic E-state index is 10.4. The van der Waals surface area contributed by atoms with Crippen LogP contribution in [0.2, 0.25) is 0 Å². The molecule has 0 N–H and O–H groups in total. The predicted molar refractivity (Wildman–Crippen MR) is 52.9 cm³/mol. The Morgan fingerprint density at radius 2 is 0.773 bits per heavy atom. The van der Waals surface area contributed by atoms with E-state index in [1.54, 1.807) is 0 Å². The topological polar surface area (TPSA) is 167 Å². The van der Waals surface area contributed by atoms with Crippen molar-refractivity contribution in [2.24, 2.45) is 0 Å². The first-order chi connectivity index (χ1) is 9.20. The standard InChI is InChI=1S/C10H16N2O8.Cd.Na/c13-7(14)3-11(4-8(15)16)1-2-12(5-9(17)18)6-10(19)20;;/h1-6H2,(H,13,14)(H,15,16)(H,17,18)(H,19,20);;/q;+2;+1/p-4. The molecule has 114 valence electrons. The molecular formula is C10H12CdN2NaO8-. The third-order valence-corrected chi connectivity index (χ3v) is 2.14. The minimum atomic E-state index is -1.53. The van der Waals surface area contributed by atoms with Crippen LogP contribution < -0.4 is 50.0 Å². The van der Waals surface area contributed by atoms with Crippen molar-refractivity contribution < 1.29 is 96.5 Å². The monoisotopic (exact) mass is 425 g/mol. The number of carboxylic acids is 4. The van der Waals surface area contributed by atoms with Crippen LogP contribution >= 0.6 is 0 Å². The van der Waals surface area contributed by atoms with E-state index in [1.165, 1.54) is 0 Å². The van der Waals surface area contributed by atoms with Gasteiger partial charge < -0.3 is 39.6 Å². The summed E-state index contributed by atoms with van der Waals surface area (Å²) in [5.74, 6) is -6.12. The fraction of sp³-hybridized carbons (Fsp3) is 0.600. The molecule has 0 bridgehead atoms. The van der Waals surface area contributed by atoms with Gasteiger partial charge in [-0.1, -0.05) is 0 Å². The molecule has 12 heteroatoms. The third-order valence-electron chi connectivity index (χ3n) is 2.14. The zero-order chi connectivity index (χ0) is 15.7. The van der Waals surface area contributed by atoms with Gasteiger partial charge in [-0.25, -0.2) is 0 Å². The van der Waals surface area contributed by atoms with Gasteiger partial charge in [-0.05, 0) is 0 Å². The molecule has 0 aliphatic heterocycles. The van der Waals surface area contributed by atoms with Gasteiger partial charge in [-0.2, -0.15) is 0 Å². The second-order valence-electron chi connectivity index (χ2n) is 3.91. The van der Waals surface area contributed by atoms with E-state index in [4.69, 9.17) is 0 Å². The minimum absolute atomic E-state index is 0. The number of carbonyl (C=O) groups excluding carboxylic acids is 4. The van der Waals surface area contributed by atoms with Gasteiger partial charge in [0.1, 0.15) is 0 Å². The van der Waals surface area contributed by atoms with E-state index in [1.807, 2.05) is 0 Å². The Labute approximate surface area is 168 Å². The summed E-state index contributed by atoms with van der Waals surface area (Å²) in [5, 5.41) is 41.6. The van der Waals surface area contributed by atoms with Crippen LogP contribution in [0.15, 0.2) is 0 Å². The molecule has 0 aromatic rings. The molecule has 0 amide bonds. The first-order valence-electron chi connectivity index (χ1n) is 5.44. The van der Waals surface area contributed by atoms with Gasteiger partial charge in [0.2, 0.25) is 0 Å². The van der Waals surface area contributed by atoms with Crippen molar-refractivity contribution in [2.75, 3.05) is 39.3 Å². The first kappa shape index (κ1) is 26.6. The van der Waals surface area contributed by atoms with Gasteiger partial charge in [0.15, 0.2) is 0 Å². The van der Waals surface area contributed by atoms with E-state index in [9.17, 15) is 39.6 Å². The molecule has 0 spiro atoms. The van der Waals surface area contributed by atoms with Crippen molar-refractivity contribution >= 4 is 23.9 Å². The fourth-order valence-corrected chi connectivity index (χ4v) is 1.44. The van der Waals surface area contributed by atoms with Gasteiger partial charge in [-0.15, -0.1) is 0 Å². The van der Waals surface area contributed by atoms with Crippen molar-refractivity contribution in [3.05, 3.63) is 0 Å². The van der Waals surface area contributed by atoms with Gasteiger partial charge in [0, 0.05) is 39.3 Å².